The van der Waals surface area contributed by atoms with Gasteiger partial charge in [-0.1, -0.05) is 91.0 Å². The number of aliphatic imine (C=N–C) groups is 1. The molecule has 1 aliphatic heterocycles. The Morgan fingerprint density at radius 3 is 1.88 bits per heavy atom. The summed E-state index contributed by atoms with van der Waals surface area (Å²) < 4.78 is 0. The van der Waals surface area contributed by atoms with Crippen molar-refractivity contribution in [2.45, 2.75) is 24.6 Å². The molecule has 0 saturated heterocycles. The molecule has 0 aromatic heterocycles. The predicted octanol–water partition coefficient (Wildman–Crippen LogP) is 5.17. The maximum atomic E-state index is 12.3. The first-order valence-corrected chi connectivity index (χ1v) is 11.1. The highest BCUT2D eigenvalue weighted by Gasteiger charge is 2.51. The molecule has 3 nitrogen and oxygen atoms in total. The number of likely N-dealkylation sites (N-methyl/N-ethyl adjacent to an activating group) is 1. The van der Waals surface area contributed by atoms with Gasteiger partial charge in [-0.15, -0.1) is 0 Å². The lowest BCUT2D eigenvalue weighted by molar-refractivity contribution is 0.103. The minimum absolute atomic E-state index is 0.0560. The van der Waals surface area contributed by atoms with Crippen molar-refractivity contribution < 1.29 is 5.11 Å². The van der Waals surface area contributed by atoms with Crippen LogP contribution >= 0.6 is 0 Å². The Bertz CT molecular complexity index is 1020. The van der Waals surface area contributed by atoms with Gasteiger partial charge in [0.25, 0.3) is 0 Å². The molecule has 0 spiro atoms. The van der Waals surface area contributed by atoms with Crippen molar-refractivity contribution in [2.75, 3.05) is 7.05 Å². The molecule has 1 N–H and O–H groups in total. The number of hydrogen-bond acceptors (Lipinski definition) is 3. The van der Waals surface area contributed by atoms with Crippen LogP contribution in [-0.2, 0) is 5.60 Å². The van der Waals surface area contributed by atoms with Gasteiger partial charge in [0.2, 0.25) is 0 Å². The van der Waals surface area contributed by atoms with E-state index in [2.05, 4.69) is 49.6 Å². The quantitative estimate of drug-likeness (QED) is 0.619. The predicted molar refractivity (Wildman–Crippen MR) is 129 cm³/mol. The first-order chi connectivity index (χ1) is 15.6. The number of rotatable bonds is 5. The van der Waals surface area contributed by atoms with Crippen molar-refractivity contribution in [2.24, 2.45) is 4.99 Å². The number of aliphatic hydroxyl groups is 1. The normalized spacial score (nSPS) is 22.3. The molecular formula is C29H27N2O. The van der Waals surface area contributed by atoms with Crippen LogP contribution in [-0.4, -0.2) is 28.9 Å². The Morgan fingerprint density at radius 2 is 1.31 bits per heavy atom. The van der Waals surface area contributed by atoms with E-state index in [0.717, 1.165) is 28.8 Å². The smallest absolute Gasteiger partial charge is 0.122 e. The van der Waals surface area contributed by atoms with Crippen LogP contribution in [0, 0.1) is 31.1 Å². The van der Waals surface area contributed by atoms with E-state index >= 15 is 0 Å². The molecule has 0 amide bonds. The fourth-order valence-corrected chi connectivity index (χ4v) is 4.77. The van der Waals surface area contributed by atoms with Crippen LogP contribution in [0.1, 0.15) is 29.7 Å². The molecule has 1 heterocycles. The monoisotopic (exact) mass is 419 g/mol. The molecule has 3 aromatic carbocycles. The molecule has 3 aromatic rings. The number of benzene rings is 3. The highest BCUT2D eigenvalue weighted by atomic mass is 16.3. The van der Waals surface area contributed by atoms with E-state index in [-0.39, 0.29) is 12.1 Å². The maximum Gasteiger partial charge on any atom is 0.122 e. The second kappa shape index (κ2) is 8.55. The summed E-state index contributed by atoms with van der Waals surface area (Å²) >= 11 is 0. The van der Waals surface area contributed by atoms with Gasteiger partial charge < -0.3 is 10.0 Å². The summed E-state index contributed by atoms with van der Waals surface area (Å²) in [5, 5.41) is 12.3. The summed E-state index contributed by atoms with van der Waals surface area (Å²) in [7, 11) is 2.09. The summed E-state index contributed by atoms with van der Waals surface area (Å²) in [6.07, 6.45) is 6.10. The Kier molecular flexibility index (Phi) is 5.60. The second-order valence-corrected chi connectivity index (χ2v) is 8.46. The second-order valence-electron chi connectivity index (χ2n) is 8.46. The van der Waals surface area contributed by atoms with Crippen molar-refractivity contribution in [3.05, 3.63) is 139 Å². The lowest BCUT2D eigenvalue weighted by Crippen LogP contribution is -2.42. The van der Waals surface area contributed by atoms with Gasteiger partial charge in [-0.3, -0.25) is 4.99 Å². The molecule has 0 bridgehead atoms. The van der Waals surface area contributed by atoms with E-state index in [9.17, 15) is 5.11 Å². The third-order valence-corrected chi connectivity index (χ3v) is 6.63. The molecule has 32 heavy (non-hydrogen) atoms. The van der Waals surface area contributed by atoms with Crippen LogP contribution in [0.5, 0.6) is 0 Å². The molecule has 1 aliphatic carbocycles. The zero-order valence-corrected chi connectivity index (χ0v) is 18.4. The average Bonchev–Trinajstić information content (AvgIpc) is 3.45. The van der Waals surface area contributed by atoms with Gasteiger partial charge in [-0.05, 0) is 42.9 Å². The van der Waals surface area contributed by atoms with E-state index in [1.807, 2.05) is 79.6 Å². The van der Waals surface area contributed by atoms with Crippen molar-refractivity contribution in [1.29, 1.82) is 0 Å². The summed E-state index contributed by atoms with van der Waals surface area (Å²) in [6.45, 7) is 2.21. The zero-order chi connectivity index (χ0) is 22.1. The standard InChI is InChI=1S/C29H27N2O/c1-21-27(22-13-6-3-7-14-22)30-28(31(21)2)25-19-12-20-26(25)29(32,23-15-8-4-9-16-23)24-17-10-5-11-18-24/h3-21,27,32H,1-2H3/t21-,27+/m0/s1. The maximum absolute atomic E-state index is 12.3. The number of nitrogens with zero attached hydrogens (tertiary/aromatic N) is 2. The van der Waals surface area contributed by atoms with Crippen molar-refractivity contribution in [1.82, 2.24) is 4.90 Å². The molecule has 5 radical (unpaired) electrons. The minimum atomic E-state index is -1.28. The molecule has 1 fully saturated rings. The fraction of sp³-hybridized carbons (Fsp3) is 0.172. The van der Waals surface area contributed by atoms with Gasteiger partial charge in [0, 0.05) is 13.0 Å². The average molecular weight is 420 g/mol. The first kappa shape index (κ1) is 21.0. The molecular weight excluding hydrogens is 392 g/mol. The Balaban J connectivity index is 1.57. The van der Waals surface area contributed by atoms with Crippen LogP contribution in [0.3, 0.4) is 0 Å². The van der Waals surface area contributed by atoms with Gasteiger partial charge in [0.15, 0.2) is 0 Å². The largest absolute Gasteiger partial charge is 0.380 e. The molecule has 2 atom stereocenters. The van der Waals surface area contributed by atoms with Crippen LogP contribution in [0.15, 0.2) is 96.0 Å². The molecule has 3 heteroatoms. The minimum Gasteiger partial charge on any atom is -0.380 e. The number of amidine groups is 1. The van der Waals surface area contributed by atoms with Gasteiger partial charge in [0.05, 0.1) is 18.0 Å². The van der Waals surface area contributed by atoms with E-state index in [4.69, 9.17) is 4.99 Å². The first-order valence-electron chi connectivity index (χ1n) is 11.1. The zero-order valence-electron chi connectivity index (χ0n) is 18.4. The van der Waals surface area contributed by atoms with Crippen LogP contribution in [0.4, 0.5) is 0 Å². The highest BCUT2D eigenvalue weighted by Crippen LogP contribution is 2.51. The van der Waals surface area contributed by atoms with Gasteiger partial charge in [-0.25, -0.2) is 0 Å². The molecule has 1 saturated carbocycles. The Labute approximate surface area is 191 Å². The Hall–Kier alpha value is -2.91. The third-order valence-electron chi connectivity index (χ3n) is 6.63. The third kappa shape index (κ3) is 3.45. The van der Waals surface area contributed by atoms with Crippen molar-refractivity contribution >= 4 is 5.84 Å². The summed E-state index contributed by atoms with van der Waals surface area (Å²) in [4.78, 5) is 7.38. The van der Waals surface area contributed by atoms with Crippen LogP contribution in [0.25, 0.3) is 0 Å². The number of hydrogen-bond donors (Lipinski definition) is 1. The van der Waals surface area contributed by atoms with E-state index < -0.39 is 5.60 Å². The van der Waals surface area contributed by atoms with E-state index in [1.165, 1.54) is 5.56 Å². The van der Waals surface area contributed by atoms with Crippen LogP contribution in [0.2, 0.25) is 0 Å². The van der Waals surface area contributed by atoms with Crippen LogP contribution < -0.4 is 0 Å². The highest BCUT2D eigenvalue weighted by molar-refractivity contribution is 6.03. The topological polar surface area (TPSA) is 35.8 Å². The summed E-state index contributed by atoms with van der Waals surface area (Å²) in [5.41, 5.74) is 1.61. The van der Waals surface area contributed by atoms with E-state index in [0.29, 0.717) is 0 Å². The summed E-state index contributed by atoms with van der Waals surface area (Å²) in [6, 6.07) is 30.5. The molecule has 2 aliphatic rings. The lowest BCUT2D eigenvalue weighted by atomic mass is 9.71. The molecule has 5 rings (SSSR count). The SMILES string of the molecule is C[C@H]1[C@H](c2ccccc2)N=C([C]2[CH][CH][CH][C]2C(O)(c2ccccc2)c2ccccc2)N1C. The van der Waals surface area contributed by atoms with Crippen molar-refractivity contribution in [3.63, 3.8) is 0 Å². The summed E-state index contributed by atoms with van der Waals surface area (Å²) in [5.74, 6) is 2.73. The van der Waals surface area contributed by atoms with Gasteiger partial charge in [-0.2, -0.15) is 0 Å². The fourth-order valence-electron chi connectivity index (χ4n) is 4.77. The van der Waals surface area contributed by atoms with Gasteiger partial charge in [0.1, 0.15) is 11.4 Å². The Morgan fingerprint density at radius 1 is 0.781 bits per heavy atom. The lowest BCUT2D eigenvalue weighted by Gasteiger charge is -2.38. The van der Waals surface area contributed by atoms with Crippen molar-refractivity contribution in [3.8, 4) is 0 Å². The molecule has 0 unspecified atom stereocenters. The van der Waals surface area contributed by atoms with Gasteiger partial charge >= 0.3 is 0 Å². The molecule has 159 valence electrons. The van der Waals surface area contributed by atoms with E-state index in [1.54, 1.807) is 0 Å².